The first kappa shape index (κ1) is 30.9. The maximum atomic E-state index is 6.78. The molecule has 0 unspecified atom stereocenters. The van der Waals surface area contributed by atoms with Crippen molar-refractivity contribution in [2.24, 2.45) is 0 Å². The summed E-state index contributed by atoms with van der Waals surface area (Å²) in [5.41, 5.74) is 0. The van der Waals surface area contributed by atoms with E-state index in [-0.39, 0.29) is 24.4 Å². The van der Waals surface area contributed by atoms with Gasteiger partial charge in [-0.3, -0.25) is 0 Å². The summed E-state index contributed by atoms with van der Waals surface area (Å²) < 4.78 is 39.7. The zero-order valence-electron chi connectivity index (χ0n) is 23.5. The molecule has 0 aromatic rings. The van der Waals surface area contributed by atoms with Crippen LogP contribution in [0.4, 0.5) is 0 Å². The largest absolute Gasteiger partial charge is 0.415 e. The van der Waals surface area contributed by atoms with Crippen molar-refractivity contribution < 1.29 is 26.9 Å². The molecular formula is C21H52O6Si5. The van der Waals surface area contributed by atoms with E-state index in [1.807, 2.05) is 0 Å². The fourth-order valence-corrected chi connectivity index (χ4v) is 8.26. The summed E-state index contributed by atoms with van der Waals surface area (Å²) in [6.45, 7) is 33.6. The van der Waals surface area contributed by atoms with Gasteiger partial charge in [-0.1, -0.05) is 0 Å². The highest BCUT2D eigenvalue weighted by Crippen LogP contribution is 2.36. The minimum Gasteiger partial charge on any atom is -0.415 e. The zero-order valence-corrected chi connectivity index (χ0v) is 28.5. The Morgan fingerprint density at radius 3 is 1.38 bits per heavy atom. The molecular weight excluding hydrogens is 489 g/mol. The van der Waals surface area contributed by atoms with Gasteiger partial charge < -0.3 is 26.9 Å². The quantitative estimate of drug-likeness (QED) is 0.280. The molecule has 1 rings (SSSR count). The first-order chi connectivity index (χ1) is 14.0. The number of hydrogen-bond donors (Lipinski definition) is 0. The topological polar surface area (TPSA) is 55.4 Å². The molecule has 1 fully saturated rings. The summed E-state index contributed by atoms with van der Waals surface area (Å²) in [5.74, 6) is 0. The van der Waals surface area contributed by atoms with Crippen LogP contribution >= 0.6 is 0 Å². The van der Waals surface area contributed by atoms with Crippen molar-refractivity contribution in [2.45, 2.75) is 129 Å². The van der Waals surface area contributed by atoms with E-state index in [1.165, 1.54) is 0 Å². The van der Waals surface area contributed by atoms with E-state index >= 15 is 0 Å². The molecule has 1 saturated heterocycles. The molecule has 0 spiro atoms. The molecule has 1 aliphatic rings. The fraction of sp³-hybridized carbons (Fsp3) is 1.00. The summed E-state index contributed by atoms with van der Waals surface area (Å²) >= 11 is 0. The van der Waals surface area contributed by atoms with Gasteiger partial charge in [0.05, 0.1) is 12.7 Å². The maximum Gasteiger partial charge on any atom is 0.187 e. The predicted molar refractivity (Wildman–Crippen MR) is 147 cm³/mol. The predicted octanol–water partition coefficient (Wildman–Crippen LogP) is 6.07. The highest BCUT2D eigenvalue weighted by atomic mass is 28.4. The normalized spacial score (nSPS) is 27.1. The van der Waals surface area contributed by atoms with Crippen LogP contribution in [0.3, 0.4) is 0 Å². The molecule has 32 heavy (non-hydrogen) atoms. The smallest absolute Gasteiger partial charge is 0.187 e. The number of rotatable bonds is 12. The van der Waals surface area contributed by atoms with E-state index in [9.17, 15) is 0 Å². The summed E-state index contributed by atoms with van der Waals surface area (Å²) in [5, 5.41) is 0. The van der Waals surface area contributed by atoms with Gasteiger partial charge in [0, 0.05) is 0 Å². The lowest BCUT2D eigenvalue weighted by Gasteiger charge is -2.38. The van der Waals surface area contributed by atoms with E-state index in [0.717, 1.165) is 0 Å². The molecule has 0 amide bonds. The molecule has 0 aromatic carbocycles. The van der Waals surface area contributed by atoms with Gasteiger partial charge in [-0.2, -0.15) is 0 Å². The van der Waals surface area contributed by atoms with Gasteiger partial charge in [-0.25, -0.2) is 0 Å². The third kappa shape index (κ3) is 12.5. The fourth-order valence-electron chi connectivity index (χ4n) is 3.45. The van der Waals surface area contributed by atoms with Gasteiger partial charge in [0.25, 0.3) is 0 Å². The third-order valence-electron chi connectivity index (χ3n) is 4.21. The standard InChI is InChI=1S/C21H52O6Si5/c1-28(2,3)22-16-17(24-29(4,5)6)18-19(25-30(7,8)9)20(26-31(10,11)12)21(23-18)27-32(13,14)15/h17-21H,16H2,1-15H3/t17-,18-,19-,20-,21-/m0/s1. The molecule has 0 bridgehead atoms. The molecule has 6 nitrogen and oxygen atoms in total. The Hall–Kier alpha value is 0.844. The first-order valence-corrected chi connectivity index (χ1v) is 29.0. The molecule has 0 N–H and O–H groups in total. The average molecular weight is 541 g/mol. The zero-order chi connectivity index (χ0) is 25.3. The summed E-state index contributed by atoms with van der Waals surface area (Å²) in [6, 6.07) is 0. The van der Waals surface area contributed by atoms with Crippen LogP contribution in [0.15, 0.2) is 0 Å². The van der Waals surface area contributed by atoms with E-state index in [4.69, 9.17) is 26.9 Å². The highest BCUT2D eigenvalue weighted by Gasteiger charge is 2.54. The van der Waals surface area contributed by atoms with Gasteiger partial charge in [0.15, 0.2) is 47.9 Å². The average Bonchev–Trinajstić information content (AvgIpc) is 2.74. The Labute approximate surface area is 203 Å². The molecule has 1 aliphatic heterocycles. The SMILES string of the molecule is C[Si](C)(C)OC[C@H](O[Si](C)(C)C)[C@@H]1O[C@@H](O[Si](C)(C)C)[C@@H](O[Si](C)(C)C)[C@H]1O[Si](C)(C)C. The van der Waals surface area contributed by atoms with Crippen molar-refractivity contribution in [2.75, 3.05) is 6.61 Å². The van der Waals surface area contributed by atoms with Gasteiger partial charge in [-0.05, 0) is 98.2 Å². The first-order valence-electron chi connectivity index (χ1n) is 12.0. The Morgan fingerprint density at radius 2 is 1.00 bits per heavy atom. The Balaban J connectivity index is 3.41. The molecule has 0 radical (unpaired) electrons. The van der Waals surface area contributed by atoms with Crippen LogP contribution in [0.1, 0.15) is 0 Å². The van der Waals surface area contributed by atoms with Crippen LogP contribution in [0.25, 0.3) is 0 Å². The van der Waals surface area contributed by atoms with Crippen molar-refractivity contribution in [1.29, 1.82) is 0 Å². The molecule has 5 atom stereocenters. The van der Waals surface area contributed by atoms with Crippen molar-refractivity contribution >= 4 is 41.6 Å². The van der Waals surface area contributed by atoms with Crippen molar-refractivity contribution in [3.63, 3.8) is 0 Å². The molecule has 1 heterocycles. The second-order valence-electron chi connectivity index (χ2n) is 13.8. The second-order valence-corrected chi connectivity index (χ2v) is 36.1. The van der Waals surface area contributed by atoms with Crippen molar-refractivity contribution in [3.05, 3.63) is 0 Å². The number of hydrogen-bond acceptors (Lipinski definition) is 6. The molecule has 0 aliphatic carbocycles. The van der Waals surface area contributed by atoms with E-state index in [2.05, 4.69) is 98.2 Å². The van der Waals surface area contributed by atoms with Gasteiger partial charge >= 0.3 is 0 Å². The van der Waals surface area contributed by atoms with Crippen LogP contribution in [-0.4, -0.2) is 78.9 Å². The van der Waals surface area contributed by atoms with Gasteiger partial charge in [0.1, 0.15) is 18.3 Å². The van der Waals surface area contributed by atoms with Crippen LogP contribution in [-0.2, 0) is 26.9 Å². The van der Waals surface area contributed by atoms with Crippen LogP contribution in [0.5, 0.6) is 0 Å². The van der Waals surface area contributed by atoms with Crippen molar-refractivity contribution in [1.82, 2.24) is 0 Å². The van der Waals surface area contributed by atoms with Gasteiger partial charge in [0.2, 0.25) is 0 Å². The molecule has 192 valence electrons. The Kier molecular flexibility index (Phi) is 10.5. The Morgan fingerprint density at radius 1 is 0.562 bits per heavy atom. The molecule has 11 heteroatoms. The summed E-state index contributed by atoms with van der Waals surface area (Å²) in [6.07, 6.45) is -1.43. The van der Waals surface area contributed by atoms with Crippen LogP contribution in [0.2, 0.25) is 98.2 Å². The molecule has 0 saturated carbocycles. The highest BCUT2D eigenvalue weighted by molar-refractivity contribution is 6.71. The van der Waals surface area contributed by atoms with Crippen LogP contribution < -0.4 is 0 Å². The third-order valence-corrected chi connectivity index (χ3v) is 9.15. The summed E-state index contributed by atoms with van der Waals surface area (Å²) in [7, 11) is -9.25. The lowest BCUT2D eigenvalue weighted by atomic mass is 10.1. The van der Waals surface area contributed by atoms with E-state index in [0.29, 0.717) is 6.61 Å². The van der Waals surface area contributed by atoms with E-state index in [1.54, 1.807) is 0 Å². The lowest BCUT2D eigenvalue weighted by molar-refractivity contribution is -0.134. The van der Waals surface area contributed by atoms with E-state index < -0.39 is 47.9 Å². The minimum atomic E-state index is -1.90. The monoisotopic (exact) mass is 540 g/mol. The lowest BCUT2D eigenvalue weighted by Crippen LogP contribution is -2.53. The Bertz CT molecular complexity index is 586. The molecule has 0 aromatic heterocycles. The minimum absolute atomic E-state index is 0.210. The number of ether oxygens (including phenoxy) is 1. The maximum absolute atomic E-state index is 6.78. The van der Waals surface area contributed by atoms with Gasteiger partial charge in [-0.15, -0.1) is 0 Å². The second kappa shape index (κ2) is 10.8. The van der Waals surface area contributed by atoms with Crippen molar-refractivity contribution in [3.8, 4) is 0 Å². The van der Waals surface area contributed by atoms with Crippen LogP contribution in [0, 0.1) is 0 Å². The summed E-state index contributed by atoms with van der Waals surface area (Å²) in [4.78, 5) is 0.